The first-order valence-corrected chi connectivity index (χ1v) is 13.6. The molecule has 0 saturated carbocycles. The normalized spacial score (nSPS) is 13.3. The summed E-state index contributed by atoms with van der Waals surface area (Å²) in [6.45, 7) is 5.35. The van der Waals surface area contributed by atoms with Crippen LogP contribution in [0.15, 0.2) is 97.3 Å². The number of carbonyl (C=O) groups excluding carboxylic acids is 2. The number of hydrogen-bond donors (Lipinski definition) is 1. The number of hydrogen-bond acceptors (Lipinski definition) is 6. The number of anilines is 3. The van der Waals surface area contributed by atoms with E-state index in [4.69, 9.17) is 4.74 Å². The number of amides is 1. The van der Waals surface area contributed by atoms with E-state index >= 15 is 0 Å². The molecule has 0 unspecified atom stereocenters. The van der Waals surface area contributed by atoms with Gasteiger partial charge in [-0.15, -0.1) is 0 Å². The van der Waals surface area contributed by atoms with Crippen LogP contribution in [0.5, 0.6) is 5.75 Å². The largest absolute Gasteiger partial charge is 0.495 e. The van der Waals surface area contributed by atoms with Crippen molar-refractivity contribution in [3.05, 3.63) is 109 Å². The summed E-state index contributed by atoms with van der Waals surface area (Å²) in [4.78, 5) is 35.9. The Hall–Kier alpha value is -5.11. The molecule has 1 saturated heterocycles. The topological polar surface area (TPSA) is 79.2 Å². The zero-order valence-electron chi connectivity index (χ0n) is 23.1. The quantitative estimate of drug-likeness (QED) is 0.216. The molecule has 6 rings (SSSR count). The molecule has 1 N–H and O–H groups in total. The fraction of sp³-hybridized carbons (Fsp3) is 0.182. The average molecular weight is 546 g/mol. The molecule has 0 radical (unpaired) electrons. The Labute approximate surface area is 238 Å². The summed E-state index contributed by atoms with van der Waals surface area (Å²) in [5.74, 6) is 0.306. The van der Waals surface area contributed by atoms with Crippen molar-refractivity contribution in [3.8, 4) is 16.9 Å². The van der Waals surface area contributed by atoms with Gasteiger partial charge in [0.15, 0.2) is 0 Å². The van der Waals surface area contributed by atoms with E-state index in [-0.39, 0.29) is 0 Å². The average Bonchev–Trinajstić information content (AvgIpc) is 3.41. The third kappa shape index (κ3) is 5.24. The van der Waals surface area contributed by atoms with E-state index in [2.05, 4.69) is 33.1 Å². The highest BCUT2D eigenvalue weighted by molar-refractivity contribution is 6.47. The monoisotopic (exact) mass is 545 g/mol. The van der Waals surface area contributed by atoms with Gasteiger partial charge in [0.05, 0.1) is 12.8 Å². The van der Waals surface area contributed by atoms with Crippen LogP contribution in [-0.4, -0.2) is 54.4 Å². The number of aryl methyl sites for hydroxylation is 1. The second kappa shape index (κ2) is 11.2. The minimum absolute atomic E-state index is 0.328. The number of pyridine rings is 2. The van der Waals surface area contributed by atoms with Gasteiger partial charge >= 0.3 is 0 Å². The maximum atomic E-state index is 13.6. The smallest absolute Gasteiger partial charge is 0.298 e. The standard InChI is InChI=1S/C33H31N5O3/c1-23-13-14-34-30(20-23)37-18-16-36(17-19-37)28-12-11-25(21-29(28)41-2)35-33(40)32(39)31-27(24-8-4-3-5-9-24)22-26-10-6-7-15-38(26)31/h3-15,20-22H,16-19H2,1-2H3,(H,35,40). The minimum atomic E-state index is -0.708. The number of Topliss-reactive ketones (excluding diaryl/α,β-unsaturated/α-hetero) is 1. The highest BCUT2D eigenvalue weighted by atomic mass is 16.5. The molecule has 206 valence electrons. The molecule has 5 aromatic rings. The maximum Gasteiger partial charge on any atom is 0.298 e. The number of nitrogens with one attached hydrogen (secondary N) is 1. The molecule has 0 spiro atoms. The van der Waals surface area contributed by atoms with Crippen molar-refractivity contribution in [1.82, 2.24) is 9.38 Å². The van der Waals surface area contributed by atoms with Crippen molar-refractivity contribution < 1.29 is 14.3 Å². The third-order valence-corrected chi connectivity index (χ3v) is 7.47. The number of rotatable bonds is 7. The van der Waals surface area contributed by atoms with E-state index in [0.29, 0.717) is 22.7 Å². The Morgan fingerprint density at radius 1 is 0.854 bits per heavy atom. The molecule has 3 aromatic heterocycles. The van der Waals surface area contributed by atoms with E-state index in [1.165, 1.54) is 5.56 Å². The number of piperazine rings is 1. The predicted octanol–water partition coefficient (Wildman–Crippen LogP) is 5.47. The van der Waals surface area contributed by atoms with Crippen molar-refractivity contribution in [2.75, 3.05) is 48.4 Å². The van der Waals surface area contributed by atoms with E-state index in [9.17, 15) is 9.59 Å². The molecule has 1 amide bonds. The van der Waals surface area contributed by atoms with Crippen molar-refractivity contribution in [2.45, 2.75) is 6.92 Å². The molecule has 41 heavy (non-hydrogen) atoms. The lowest BCUT2D eigenvalue weighted by atomic mass is 10.0. The Kier molecular flexibility index (Phi) is 7.12. The van der Waals surface area contributed by atoms with Gasteiger partial charge in [-0.3, -0.25) is 9.59 Å². The first-order chi connectivity index (χ1) is 20.0. The van der Waals surface area contributed by atoms with Gasteiger partial charge in [-0.2, -0.15) is 0 Å². The summed E-state index contributed by atoms with van der Waals surface area (Å²) in [7, 11) is 1.61. The predicted molar refractivity (Wildman–Crippen MR) is 162 cm³/mol. The Morgan fingerprint density at radius 3 is 2.37 bits per heavy atom. The fourth-order valence-electron chi connectivity index (χ4n) is 5.37. The maximum absolute atomic E-state index is 13.6. The number of ketones is 1. The summed E-state index contributed by atoms with van der Waals surface area (Å²) in [5, 5.41) is 2.80. The molecule has 1 fully saturated rings. The zero-order valence-corrected chi connectivity index (χ0v) is 23.1. The second-order valence-corrected chi connectivity index (χ2v) is 10.1. The number of fused-ring (bicyclic) bond motifs is 1. The molecular weight excluding hydrogens is 514 g/mol. The van der Waals surface area contributed by atoms with Gasteiger partial charge in [0.25, 0.3) is 11.7 Å². The van der Waals surface area contributed by atoms with Crippen LogP contribution < -0.4 is 19.9 Å². The van der Waals surface area contributed by atoms with Crippen LogP contribution in [0.3, 0.4) is 0 Å². The summed E-state index contributed by atoms with van der Waals surface area (Å²) >= 11 is 0. The van der Waals surface area contributed by atoms with Gasteiger partial charge in [-0.1, -0.05) is 36.4 Å². The summed E-state index contributed by atoms with van der Waals surface area (Å²) in [6, 6.07) is 26.8. The molecule has 1 aliphatic rings. The van der Waals surface area contributed by atoms with Gasteiger partial charge in [0.2, 0.25) is 0 Å². The van der Waals surface area contributed by atoms with E-state index < -0.39 is 11.7 Å². The number of carbonyl (C=O) groups is 2. The lowest BCUT2D eigenvalue weighted by Crippen LogP contribution is -2.47. The fourth-order valence-corrected chi connectivity index (χ4v) is 5.37. The van der Waals surface area contributed by atoms with Crippen LogP contribution in [-0.2, 0) is 4.79 Å². The number of ether oxygens (including phenoxy) is 1. The number of nitrogens with zero attached hydrogens (tertiary/aromatic N) is 4. The van der Waals surface area contributed by atoms with Gasteiger partial charge in [-0.25, -0.2) is 4.98 Å². The van der Waals surface area contributed by atoms with Crippen LogP contribution in [0.2, 0.25) is 0 Å². The van der Waals surface area contributed by atoms with Crippen molar-refractivity contribution in [2.24, 2.45) is 0 Å². The molecule has 8 heteroatoms. The van der Waals surface area contributed by atoms with Crippen LogP contribution >= 0.6 is 0 Å². The highest BCUT2D eigenvalue weighted by Crippen LogP contribution is 2.33. The van der Waals surface area contributed by atoms with Gasteiger partial charge in [0.1, 0.15) is 17.3 Å². The first-order valence-electron chi connectivity index (χ1n) is 13.6. The molecular formula is C33H31N5O3. The Bertz CT molecular complexity index is 1720. The van der Waals surface area contributed by atoms with Gasteiger partial charge < -0.3 is 24.3 Å². The van der Waals surface area contributed by atoms with E-state index in [0.717, 1.165) is 48.8 Å². The van der Waals surface area contributed by atoms with Crippen LogP contribution in [0.25, 0.3) is 16.6 Å². The Morgan fingerprint density at radius 2 is 1.61 bits per heavy atom. The number of aromatic nitrogens is 2. The first kappa shape index (κ1) is 26.1. The molecule has 0 bridgehead atoms. The third-order valence-electron chi connectivity index (χ3n) is 7.47. The second-order valence-electron chi connectivity index (χ2n) is 10.1. The Balaban J connectivity index is 1.20. The lowest BCUT2D eigenvalue weighted by Gasteiger charge is -2.37. The highest BCUT2D eigenvalue weighted by Gasteiger charge is 2.26. The molecule has 0 atom stereocenters. The molecule has 1 aliphatic heterocycles. The summed E-state index contributed by atoms with van der Waals surface area (Å²) in [6.07, 6.45) is 3.65. The minimum Gasteiger partial charge on any atom is -0.495 e. The van der Waals surface area contributed by atoms with E-state index in [1.807, 2.05) is 79.0 Å². The van der Waals surface area contributed by atoms with Crippen molar-refractivity contribution >= 4 is 34.4 Å². The molecule has 8 nitrogen and oxygen atoms in total. The van der Waals surface area contributed by atoms with Crippen LogP contribution in [0, 0.1) is 6.92 Å². The van der Waals surface area contributed by atoms with Crippen molar-refractivity contribution in [1.29, 1.82) is 0 Å². The zero-order chi connectivity index (χ0) is 28.3. The van der Waals surface area contributed by atoms with Crippen LogP contribution in [0.1, 0.15) is 16.1 Å². The summed E-state index contributed by atoms with van der Waals surface area (Å²) < 4.78 is 7.47. The van der Waals surface area contributed by atoms with Crippen molar-refractivity contribution in [3.63, 3.8) is 0 Å². The SMILES string of the molecule is COc1cc(NC(=O)C(=O)c2c(-c3ccccc3)cc3ccccn23)ccc1N1CCN(c2cc(C)ccn2)CC1. The number of benzene rings is 2. The molecule has 0 aliphatic carbocycles. The summed E-state index contributed by atoms with van der Waals surface area (Å²) in [5.41, 5.74) is 5.38. The van der Waals surface area contributed by atoms with Crippen LogP contribution in [0.4, 0.5) is 17.2 Å². The molecule has 2 aromatic carbocycles. The number of methoxy groups -OCH3 is 1. The lowest BCUT2D eigenvalue weighted by molar-refractivity contribution is -0.112. The van der Waals surface area contributed by atoms with Gasteiger partial charge in [0, 0.05) is 61.4 Å². The molecule has 4 heterocycles. The van der Waals surface area contributed by atoms with E-state index in [1.54, 1.807) is 23.8 Å². The van der Waals surface area contributed by atoms with Gasteiger partial charge in [-0.05, 0) is 60.5 Å².